The van der Waals surface area contributed by atoms with Gasteiger partial charge in [-0.1, -0.05) is 6.07 Å². The predicted octanol–water partition coefficient (Wildman–Crippen LogP) is 0.900. The summed E-state index contributed by atoms with van der Waals surface area (Å²) in [4.78, 5) is 55.0. The van der Waals surface area contributed by atoms with Crippen molar-refractivity contribution in [2.24, 2.45) is 34.6 Å². The molecule has 4 amide bonds. The van der Waals surface area contributed by atoms with Crippen molar-refractivity contribution in [1.82, 2.24) is 15.2 Å². The van der Waals surface area contributed by atoms with Crippen LogP contribution in [0, 0.1) is 23.2 Å². The van der Waals surface area contributed by atoms with E-state index in [9.17, 15) is 19.2 Å². The minimum atomic E-state index is -0.780. The fourth-order valence-corrected chi connectivity index (χ4v) is 6.29. The fraction of sp³-hybridized carbons (Fsp3) is 0.520. The van der Waals surface area contributed by atoms with E-state index in [1.54, 1.807) is 13.2 Å². The Morgan fingerprint density at radius 2 is 2.06 bits per heavy atom. The van der Waals surface area contributed by atoms with Gasteiger partial charge in [-0.2, -0.15) is 0 Å². The average Bonchev–Trinajstić information content (AvgIpc) is 3.15. The Labute approximate surface area is 202 Å². The number of nitrogens with two attached hydrogens (primary N) is 2. The highest BCUT2D eigenvalue weighted by molar-refractivity contribution is 6.01. The van der Waals surface area contributed by atoms with E-state index < -0.39 is 23.8 Å². The SMILES string of the molecule is COc1cccc2[nH]c(C(=O)N3CCC4(CC3C(N)=O)CC4[C@H](C[C@H]3CCNC3=O)C(N)=O)cc12. The number of hydrogen-bond donors (Lipinski definition) is 4. The van der Waals surface area contributed by atoms with Crippen molar-refractivity contribution < 1.29 is 23.9 Å². The number of nitrogens with zero attached hydrogens (tertiary/aromatic N) is 1. The Morgan fingerprint density at radius 3 is 2.71 bits per heavy atom. The lowest BCUT2D eigenvalue weighted by Crippen LogP contribution is -2.53. The van der Waals surface area contributed by atoms with Gasteiger partial charge in [0.25, 0.3) is 5.91 Å². The number of aromatic nitrogens is 1. The fourth-order valence-electron chi connectivity index (χ4n) is 6.29. The molecule has 6 N–H and O–H groups in total. The number of methoxy groups -OCH3 is 1. The smallest absolute Gasteiger partial charge is 0.270 e. The van der Waals surface area contributed by atoms with Crippen LogP contribution < -0.4 is 21.5 Å². The summed E-state index contributed by atoms with van der Waals surface area (Å²) >= 11 is 0. The van der Waals surface area contributed by atoms with Crippen LogP contribution in [0.25, 0.3) is 10.9 Å². The monoisotopic (exact) mass is 481 g/mol. The van der Waals surface area contributed by atoms with Gasteiger partial charge in [-0.3, -0.25) is 19.2 Å². The van der Waals surface area contributed by atoms with Gasteiger partial charge < -0.3 is 31.4 Å². The van der Waals surface area contributed by atoms with Crippen molar-refractivity contribution in [3.8, 4) is 5.75 Å². The molecule has 0 radical (unpaired) electrons. The second-order valence-corrected chi connectivity index (χ2v) is 10.2. The average molecular weight is 482 g/mol. The van der Waals surface area contributed by atoms with Gasteiger partial charge in [-0.25, -0.2) is 0 Å². The molecule has 1 spiro atoms. The van der Waals surface area contributed by atoms with E-state index in [4.69, 9.17) is 16.2 Å². The lowest BCUT2D eigenvalue weighted by Gasteiger charge is -2.39. The maximum atomic E-state index is 13.4. The topological polar surface area (TPSA) is 161 Å². The molecule has 10 nitrogen and oxygen atoms in total. The first-order chi connectivity index (χ1) is 16.7. The standard InChI is InChI=1S/C25H31N5O5/c1-35-20-4-2-3-17-15(20)10-18(29-17)24(34)30-8-6-25(12-19(30)22(27)32)11-16(25)14(21(26)31)9-13-5-7-28-23(13)33/h2-4,10,13-14,16,19,29H,5-9,11-12H2,1H3,(H2,26,31)(H2,27,32)(H,28,33)/t13-,14+,16?,19?,25?/m1/s1. The molecule has 0 bridgehead atoms. The number of carbonyl (C=O) groups is 4. The van der Waals surface area contributed by atoms with Crippen LogP contribution in [0.3, 0.4) is 0 Å². The number of amides is 4. The Balaban J connectivity index is 1.34. The highest BCUT2D eigenvalue weighted by Gasteiger charge is 2.62. The van der Waals surface area contributed by atoms with Gasteiger partial charge in [-0.05, 0) is 61.6 Å². The number of ether oxygens (including phenoxy) is 1. The van der Waals surface area contributed by atoms with Gasteiger partial charge in [0.2, 0.25) is 17.7 Å². The van der Waals surface area contributed by atoms with E-state index in [1.807, 2.05) is 18.2 Å². The van der Waals surface area contributed by atoms with Gasteiger partial charge >= 0.3 is 0 Å². The maximum Gasteiger partial charge on any atom is 0.270 e. The first-order valence-corrected chi connectivity index (χ1v) is 12.1. The quantitative estimate of drug-likeness (QED) is 0.461. The van der Waals surface area contributed by atoms with E-state index in [1.165, 1.54) is 4.90 Å². The first-order valence-electron chi connectivity index (χ1n) is 12.1. The zero-order valence-corrected chi connectivity index (χ0v) is 19.7. The van der Waals surface area contributed by atoms with Crippen molar-refractivity contribution in [3.05, 3.63) is 30.0 Å². The second kappa shape index (κ2) is 8.58. The third kappa shape index (κ3) is 4.00. The molecule has 186 valence electrons. The van der Waals surface area contributed by atoms with Gasteiger partial charge in [0.1, 0.15) is 17.5 Å². The normalized spacial score (nSPS) is 28.7. The molecule has 3 unspecified atom stereocenters. The van der Waals surface area contributed by atoms with Crippen LogP contribution in [0.15, 0.2) is 24.3 Å². The predicted molar refractivity (Wildman–Crippen MR) is 127 cm³/mol. The highest BCUT2D eigenvalue weighted by atomic mass is 16.5. The molecular weight excluding hydrogens is 450 g/mol. The number of nitrogens with one attached hydrogen (secondary N) is 2. The van der Waals surface area contributed by atoms with Crippen molar-refractivity contribution >= 4 is 34.5 Å². The van der Waals surface area contributed by atoms with Gasteiger partial charge in [-0.15, -0.1) is 0 Å². The minimum absolute atomic E-state index is 0.00941. The molecule has 3 fully saturated rings. The van der Waals surface area contributed by atoms with E-state index >= 15 is 0 Å². The molecule has 2 aromatic rings. The van der Waals surface area contributed by atoms with Crippen molar-refractivity contribution in [3.63, 3.8) is 0 Å². The van der Waals surface area contributed by atoms with Crippen molar-refractivity contribution in [2.75, 3.05) is 20.2 Å². The molecular formula is C25H31N5O5. The Kier molecular flexibility index (Phi) is 5.69. The molecule has 10 heteroatoms. The lowest BCUT2D eigenvalue weighted by molar-refractivity contribution is -0.126. The lowest BCUT2D eigenvalue weighted by atomic mass is 9.79. The Bertz CT molecular complexity index is 1210. The van der Waals surface area contributed by atoms with E-state index in [2.05, 4.69) is 10.3 Å². The number of fused-ring (bicyclic) bond motifs is 1. The van der Waals surface area contributed by atoms with Gasteiger partial charge in [0, 0.05) is 35.8 Å². The first kappa shape index (κ1) is 23.2. The molecule has 2 saturated heterocycles. The summed E-state index contributed by atoms with van der Waals surface area (Å²) in [6, 6.07) is 6.46. The molecule has 3 aliphatic rings. The van der Waals surface area contributed by atoms with Gasteiger partial charge in [0.05, 0.1) is 7.11 Å². The number of H-pyrrole nitrogens is 1. The zero-order chi connectivity index (χ0) is 24.9. The summed E-state index contributed by atoms with van der Waals surface area (Å²) in [5.74, 6) is -1.31. The summed E-state index contributed by atoms with van der Waals surface area (Å²) in [5, 5.41) is 3.59. The van der Waals surface area contributed by atoms with Crippen LogP contribution in [0.2, 0.25) is 0 Å². The number of piperidine rings is 1. The molecule has 5 rings (SSSR count). The van der Waals surface area contributed by atoms with E-state index in [0.29, 0.717) is 50.2 Å². The number of primary amides is 2. The van der Waals surface area contributed by atoms with Crippen molar-refractivity contribution in [2.45, 2.75) is 38.1 Å². The summed E-state index contributed by atoms with van der Waals surface area (Å²) in [5.41, 5.74) is 12.4. The number of likely N-dealkylation sites (tertiary alicyclic amines) is 1. The van der Waals surface area contributed by atoms with E-state index in [-0.39, 0.29) is 29.1 Å². The van der Waals surface area contributed by atoms with E-state index in [0.717, 1.165) is 17.3 Å². The van der Waals surface area contributed by atoms with Crippen molar-refractivity contribution in [1.29, 1.82) is 0 Å². The summed E-state index contributed by atoms with van der Waals surface area (Å²) in [6.07, 6.45) is 2.91. The highest BCUT2D eigenvalue weighted by Crippen LogP contribution is 2.64. The number of benzene rings is 1. The number of hydrogen-bond acceptors (Lipinski definition) is 5. The third-order valence-corrected chi connectivity index (χ3v) is 8.30. The molecule has 1 aliphatic carbocycles. The van der Waals surface area contributed by atoms with Gasteiger partial charge in [0.15, 0.2) is 0 Å². The Morgan fingerprint density at radius 1 is 1.26 bits per heavy atom. The number of rotatable bonds is 7. The van der Waals surface area contributed by atoms with Crippen LogP contribution >= 0.6 is 0 Å². The summed E-state index contributed by atoms with van der Waals surface area (Å²) in [7, 11) is 1.57. The number of aromatic amines is 1. The van der Waals surface area contributed by atoms with Crippen LogP contribution in [0.4, 0.5) is 0 Å². The summed E-state index contributed by atoms with van der Waals surface area (Å²) < 4.78 is 5.39. The summed E-state index contributed by atoms with van der Waals surface area (Å²) in [6.45, 7) is 0.968. The molecule has 5 atom stereocenters. The molecule has 1 aromatic heterocycles. The minimum Gasteiger partial charge on any atom is -0.496 e. The Hall–Kier alpha value is -3.56. The molecule has 2 aliphatic heterocycles. The van der Waals surface area contributed by atoms with Crippen LogP contribution in [0.1, 0.15) is 42.6 Å². The molecule has 1 saturated carbocycles. The maximum absolute atomic E-state index is 13.4. The van der Waals surface area contributed by atoms with Crippen LogP contribution in [-0.2, 0) is 14.4 Å². The van der Waals surface area contributed by atoms with Crippen LogP contribution in [0.5, 0.6) is 5.75 Å². The third-order valence-electron chi connectivity index (χ3n) is 8.30. The zero-order valence-electron chi connectivity index (χ0n) is 19.7. The largest absolute Gasteiger partial charge is 0.496 e. The van der Waals surface area contributed by atoms with Crippen LogP contribution in [-0.4, -0.2) is 59.8 Å². The second-order valence-electron chi connectivity index (χ2n) is 10.2. The molecule has 3 heterocycles. The number of carbonyl (C=O) groups excluding carboxylic acids is 4. The molecule has 1 aromatic carbocycles. The molecule has 35 heavy (non-hydrogen) atoms.